The summed E-state index contributed by atoms with van der Waals surface area (Å²) in [6.07, 6.45) is 8.29. The molecular formula is C15H16ClNS2. The van der Waals surface area contributed by atoms with E-state index in [-0.39, 0.29) is 6.04 Å². The molecule has 0 aliphatic rings. The zero-order chi connectivity index (χ0) is 13.5. The van der Waals surface area contributed by atoms with Crippen LogP contribution in [0.1, 0.15) is 35.1 Å². The first kappa shape index (κ1) is 14.6. The van der Waals surface area contributed by atoms with Crippen molar-refractivity contribution in [3.63, 3.8) is 0 Å². The molecule has 0 saturated heterocycles. The van der Waals surface area contributed by atoms with Crippen LogP contribution in [0.15, 0.2) is 29.6 Å². The summed E-state index contributed by atoms with van der Waals surface area (Å²) >= 11 is 9.45. The smallest absolute Gasteiger partial charge is 0.0931 e. The van der Waals surface area contributed by atoms with Crippen molar-refractivity contribution in [3.8, 4) is 12.3 Å². The second-order valence-electron chi connectivity index (χ2n) is 4.21. The molecule has 0 saturated carbocycles. The lowest BCUT2D eigenvalue weighted by atomic mass is 10.2. The SMILES string of the molecule is C#CCCCCNC(c1cccs1)c1ccc(Cl)s1. The summed E-state index contributed by atoms with van der Waals surface area (Å²) in [5.74, 6) is 2.68. The van der Waals surface area contributed by atoms with Crippen molar-refractivity contribution in [2.24, 2.45) is 0 Å². The Morgan fingerprint density at radius 3 is 2.79 bits per heavy atom. The van der Waals surface area contributed by atoms with Crippen LogP contribution < -0.4 is 5.32 Å². The molecule has 1 unspecified atom stereocenters. The van der Waals surface area contributed by atoms with E-state index in [9.17, 15) is 0 Å². The minimum absolute atomic E-state index is 0.253. The van der Waals surface area contributed by atoms with Crippen molar-refractivity contribution in [2.75, 3.05) is 6.54 Å². The Labute approximate surface area is 127 Å². The maximum absolute atomic E-state index is 6.04. The Balaban J connectivity index is 1.98. The van der Waals surface area contributed by atoms with Gasteiger partial charge in [0.15, 0.2) is 0 Å². The normalized spacial score (nSPS) is 12.2. The van der Waals surface area contributed by atoms with Crippen LogP contribution in [0.4, 0.5) is 0 Å². The average molecular weight is 310 g/mol. The monoisotopic (exact) mass is 309 g/mol. The molecule has 0 spiro atoms. The fraction of sp³-hybridized carbons (Fsp3) is 0.333. The summed E-state index contributed by atoms with van der Waals surface area (Å²) < 4.78 is 0.839. The molecule has 0 aliphatic carbocycles. The molecule has 0 bridgehead atoms. The summed E-state index contributed by atoms with van der Waals surface area (Å²) in [6.45, 7) is 0.972. The van der Waals surface area contributed by atoms with Gasteiger partial charge in [0.1, 0.15) is 0 Å². The van der Waals surface area contributed by atoms with Gasteiger partial charge >= 0.3 is 0 Å². The maximum atomic E-state index is 6.04. The number of halogens is 1. The van der Waals surface area contributed by atoms with Gasteiger partial charge < -0.3 is 5.32 Å². The van der Waals surface area contributed by atoms with E-state index in [1.807, 2.05) is 6.07 Å². The summed E-state index contributed by atoms with van der Waals surface area (Å²) in [6, 6.07) is 8.57. The lowest BCUT2D eigenvalue weighted by molar-refractivity contribution is 0.583. The van der Waals surface area contributed by atoms with E-state index in [1.165, 1.54) is 9.75 Å². The van der Waals surface area contributed by atoms with E-state index >= 15 is 0 Å². The molecule has 1 atom stereocenters. The molecule has 0 amide bonds. The summed E-state index contributed by atoms with van der Waals surface area (Å²) in [4.78, 5) is 2.60. The van der Waals surface area contributed by atoms with E-state index in [4.69, 9.17) is 18.0 Å². The van der Waals surface area contributed by atoms with Crippen LogP contribution in [0.25, 0.3) is 0 Å². The second-order valence-corrected chi connectivity index (χ2v) is 6.93. The Hall–Kier alpha value is -0.790. The average Bonchev–Trinajstić information content (AvgIpc) is 3.05. The van der Waals surface area contributed by atoms with Crippen LogP contribution in [0, 0.1) is 12.3 Å². The van der Waals surface area contributed by atoms with E-state index in [0.717, 1.165) is 30.1 Å². The molecule has 0 aromatic carbocycles. The van der Waals surface area contributed by atoms with E-state index in [0.29, 0.717) is 0 Å². The third-order valence-electron chi connectivity index (χ3n) is 2.80. The van der Waals surface area contributed by atoms with Gasteiger partial charge in [-0.05, 0) is 43.0 Å². The number of unbranched alkanes of at least 4 members (excludes halogenated alkanes) is 2. The van der Waals surface area contributed by atoms with Crippen molar-refractivity contribution in [1.82, 2.24) is 5.32 Å². The van der Waals surface area contributed by atoms with E-state index in [1.54, 1.807) is 22.7 Å². The molecule has 0 aliphatic heterocycles. The first-order valence-electron chi connectivity index (χ1n) is 6.26. The first-order chi connectivity index (χ1) is 9.31. The van der Waals surface area contributed by atoms with Crippen molar-refractivity contribution in [2.45, 2.75) is 25.3 Å². The highest BCUT2D eigenvalue weighted by Gasteiger charge is 2.16. The number of terminal acetylenes is 1. The molecule has 1 nitrogen and oxygen atoms in total. The highest BCUT2D eigenvalue weighted by molar-refractivity contribution is 7.16. The van der Waals surface area contributed by atoms with Crippen LogP contribution in [-0.4, -0.2) is 6.54 Å². The Morgan fingerprint density at radius 1 is 1.26 bits per heavy atom. The molecule has 2 aromatic rings. The molecule has 2 heterocycles. The Bertz CT molecular complexity index is 525. The number of rotatable bonds is 7. The number of hydrogen-bond acceptors (Lipinski definition) is 3. The van der Waals surface area contributed by atoms with Crippen LogP contribution in [0.3, 0.4) is 0 Å². The predicted octanol–water partition coefficient (Wildman–Crippen LogP) is 4.95. The molecular weight excluding hydrogens is 294 g/mol. The largest absolute Gasteiger partial charge is 0.305 e. The van der Waals surface area contributed by atoms with Crippen LogP contribution >= 0.6 is 34.3 Å². The Morgan fingerprint density at radius 2 is 2.16 bits per heavy atom. The molecule has 4 heteroatoms. The lowest BCUT2D eigenvalue weighted by Crippen LogP contribution is -2.21. The maximum Gasteiger partial charge on any atom is 0.0931 e. The molecule has 0 radical (unpaired) electrons. The predicted molar refractivity (Wildman–Crippen MR) is 86.2 cm³/mol. The molecule has 2 aromatic heterocycles. The summed E-state index contributed by atoms with van der Waals surface area (Å²) in [5, 5.41) is 5.71. The zero-order valence-electron chi connectivity index (χ0n) is 10.6. The minimum atomic E-state index is 0.253. The fourth-order valence-electron chi connectivity index (χ4n) is 1.88. The highest BCUT2D eigenvalue weighted by Crippen LogP contribution is 2.32. The quantitative estimate of drug-likeness (QED) is 0.564. The van der Waals surface area contributed by atoms with Gasteiger partial charge in [-0.2, -0.15) is 0 Å². The first-order valence-corrected chi connectivity index (χ1v) is 8.34. The molecule has 1 N–H and O–H groups in total. The van der Waals surface area contributed by atoms with Crippen molar-refractivity contribution in [1.29, 1.82) is 0 Å². The Kier molecular flexibility index (Phi) is 5.93. The van der Waals surface area contributed by atoms with Crippen molar-refractivity contribution >= 4 is 34.3 Å². The second kappa shape index (κ2) is 7.72. The van der Waals surface area contributed by atoms with Crippen molar-refractivity contribution < 1.29 is 0 Å². The van der Waals surface area contributed by atoms with Crippen LogP contribution in [-0.2, 0) is 0 Å². The molecule has 2 rings (SSSR count). The molecule has 100 valence electrons. The third-order valence-corrected chi connectivity index (χ3v) is 5.04. The standard InChI is InChI=1S/C15H16ClNS2/c1-2-3-4-5-10-17-15(12-7-6-11-18-12)13-8-9-14(16)19-13/h1,6-9,11,15,17H,3-5,10H2. The van der Waals surface area contributed by atoms with Gasteiger partial charge in [0.25, 0.3) is 0 Å². The van der Waals surface area contributed by atoms with E-state index < -0.39 is 0 Å². The van der Waals surface area contributed by atoms with Gasteiger partial charge in [-0.3, -0.25) is 0 Å². The van der Waals surface area contributed by atoms with Crippen LogP contribution in [0.2, 0.25) is 4.34 Å². The molecule has 19 heavy (non-hydrogen) atoms. The fourth-order valence-corrected chi connectivity index (χ4v) is 3.93. The topological polar surface area (TPSA) is 12.0 Å². The number of thiophene rings is 2. The van der Waals surface area contributed by atoms with Gasteiger partial charge in [0.2, 0.25) is 0 Å². The van der Waals surface area contributed by atoms with Gasteiger partial charge in [0.05, 0.1) is 10.4 Å². The third kappa shape index (κ3) is 4.36. The molecule has 0 fully saturated rings. The van der Waals surface area contributed by atoms with Gasteiger partial charge in [-0.15, -0.1) is 35.0 Å². The number of hydrogen-bond donors (Lipinski definition) is 1. The summed E-state index contributed by atoms with van der Waals surface area (Å²) in [7, 11) is 0. The highest BCUT2D eigenvalue weighted by atomic mass is 35.5. The van der Waals surface area contributed by atoms with E-state index in [2.05, 4.69) is 34.8 Å². The summed E-state index contributed by atoms with van der Waals surface area (Å²) in [5.41, 5.74) is 0. The zero-order valence-corrected chi connectivity index (χ0v) is 13.0. The van der Waals surface area contributed by atoms with Gasteiger partial charge in [0, 0.05) is 16.2 Å². The number of nitrogens with one attached hydrogen (secondary N) is 1. The van der Waals surface area contributed by atoms with Gasteiger partial charge in [-0.25, -0.2) is 0 Å². The van der Waals surface area contributed by atoms with Crippen molar-refractivity contribution in [3.05, 3.63) is 43.7 Å². The van der Waals surface area contributed by atoms with Crippen LogP contribution in [0.5, 0.6) is 0 Å². The lowest BCUT2D eigenvalue weighted by Gasteiger charge is -2.15. The minimum Gasteiger partial charge on any atom is -0.305 e. The van der Waals surface area contributed by atoms with Gasteiger partial charge in [-0.1, -0.05) is 17.7 Å².